The van der Waals surface area contributed by atoms with Crippen LogP contribution in [0.2, 0.25) is 0 Å². The summed E-state index contributed by atoms with van der Waals surface area (Å²) < 4.78 is 0. The van der Waals surface area contributed by atoms with Crippen molar-refractivity contribution in [2.75, 3.05) is 5.73 Å². The van der Waals surface area contributed by atoms with Gasteiger partial charge in [-0.3, -0.25) is 4.90 Å². The van der Waals surface area contributed by atoms with Crippen molar-refractivity contribution in [2.24, 2.45) is 11.8 Å². The van der Waals surface area contributed by atoms with Crippen molar-refractivity contribution in [3.05, 3.63) is 29.3 Å². The number of benzene rings is 1. The molecule has 17 heavy (non-hydrogen) atoms. The van der Waals surface area contributed by atoms with E-state index in [1.165, 1.54) is 24.0 Å². The molecule has 0 amide bonds. The largest absolute Gasteiger partial charge is 0.399 e. The van der Waals surface area contributed by atoms with Crippen molar-refractivity contribution in [2.45, 2.75) is 45.8 Å². The molecule has 92 valence electrons. The van der Waals surface area contributed by atoms with Crippen molar-refractivity contribution in [3.63, 3.8) is 0 Å². The SMILES string of the molecule is CC1CCC(N2Cc3ccc(N)cc3C2)C1C. The maximum absolute atomic E-state index is 5.86. The number of fused-ring (bicyclic) bond motifs is 1. The zero-order chi connectivity index (χ0) is 12.0. The molecule has 3 rings (SSSR count). The second-order valence-corrected chi connectivity index (χ2v) is 5.91. The minimum absolute atomic E-state index is 0.777. The Morgan fingerprint density at radius 3 is 2.59 bits per heavy atom. The summed E-state index contributed by atoms with van der Waals surface area (Å²) in [6, 6.07) is 7.16. The van der Waals surface area contributed by atoms with E-state index < -0.39 is 0 Å². The van der Waals surface area contributed by atoms with Gasteiger partial charge in [-0.1, -0.05) is 19.9 Å². The first-order valence-corrected chi connectivity index (χ1v) is 6.76. The average Bonchev–Trinajstić information content (AvgIpc) is 2.83. The van der Waals surface area contributed by atoms with E-state index in [0.717, 1.165) is 36.7 Å². The number of nitrogens with zero attached hydrogens (tertiary/aromatic N) is 1. The summed E-state index contributed by atoms with van der Waals surface area (Å²) in [6.07, 6.45) is 2.76. The second kappa shape index (κ2) is 4.02. The lowest BCUT2D eigenvalue weighted by Gasteiger charge is -2.28. The number of hydrogen-bond donors (Lipinski definition) is 1. The van der Waals surface area contributed by atoms with Gasteiger partial charge in [-0.05, 0) is 47.9 Å². The Bertz CT molecular complexity index is 427. The van der Waals surface area contributed by atoms with E-state index in [9.17, 15) is 0 Å². The van der Waals surface area contributed by atoms with Gasteiger partial charge in [0.2, 0.25) is 0 Å². The topological polar surface area (TPSA) is 29.3 Å². The summed E-state index contributed by atoms with van der Waals surface area (Å²) in [5.74, 6) is 1.72. The molecule has 0 spiro atoms. The summed E-state index contributed by atoms with van der Waals surface area (Å²) >= 11 is 0. The molecule has 0 radical (unpaired) electrons. The first-order chi connectivity index (χ1) is 8.15. The first kappa shape index (κ1) is 11.1. The Kier molecular flexibility index (Phi) is 2.62. The smallest absolute Gasteiger partial charge is 0.0317 e. The van der Waals surface area contributed by atoms with Gasteiger partial charge in [0.25, 0.3) is 0 Å². The van der Waals surface area contributed by atoms with Crippen LogP contribution in [-0.2, 0) is 13.1 Å². The molecule has 3 atom stereocenters. The Morgan fingerprint density at radius 2 is 1.88 bits per heavy atom. The van der Waals surface area contributed by atoms with Crippen molar-refractivity contribution in [1.82, 2.24) is 4.90 Å². The van der Waals surface area contributed by atoms with E-state index in [-0.39, 0.29) is 0 Å². The van der Waals surface area contributed by atoms with Gasteiger partial charge >= 0.3 is 0 Å². The molecule has 1 aliphatic carbocycles. The molecule has 3 unspecified atom stereocenters. The second-order valence-electron chi connectivity index (χ2n) is 5.91. The lowest BCUT2D eigenvalue weighted by atomic mass is 9.97. The van der Waals surface area contributed by atoms with Gasteiger partial charge in [0.1, 0.15) is 0 Å². The normalized spacial score (nSPS) is 32.9. The number of nitrogen functional groups attached to an aromatic ring is 1. The number of anilines is 1. The van der Waals surface area contributed by atoms with E-state index >= 15 is 0 Å². The molecule has 1 aromatic rings. The third-order valence-corrected chi connectivity index (χ3v) is 4.87. The molecule has 2 aliphatic rings. The van der Waals surface area contributed by atoms with Crippen molar-refractivity contribution in [1.29, 1.82) is 0 Å². The highest BCUT2D eigenvalue weighted by Gasteiger charge is 2.36. The third-order valence-electron chi connectivity index (χ3n) is 4.87. The predicted molar refractivity (Wildman–Crippen MR) is 71.5 cm³/mol. The molecular formula is C15H22N2. The molecule has 1 saturated carbocycles. The summed E-state index contributed by atoms with van der Waals surface area (Å²) in [5.41, 5.74) is 9.68. The van der Waals surface area contributed by atoms with Gasteiger partial charge < -0.3 is 5.73 Å². The van der Waals surface area contributed by atoms with E-state index in [1.54, 1.807) is 0 Å². The Morgan fingerprint density at radius 1 is 1.12 bits per heavy atom. The Hall–Kier alpha value is -1.02. The van der Waals surface area contributed by atoms with Crippen LogP contribution in [0.25, 0.3) is 0 Å². The molecular weight excluding hydrogens is 208 g/mol. The average molecular weight is 230 g/mol. The summed E-state index contributed by atoms with van der Waals surface area (Å²) in [5, 5.41) is 0. The molecule has 2 nitrogen and oxygen atoms in total. The maximum Gasteiger partial charge on any atom is 0.0317 e. The minimum atomic E-state index is 0.777. The molecule has 1 fully saturated rings. The lowest BCUT2D eigenvalue weighted by molar-refractivity contribution is 0.157. The van der Waals surface area contributed by atoms with Crippen molar-refractivity contribution < 1.29 is 0 Å². The molecule has 2 heteroatoms. The van der Waals surface area contributed by atoms with Crippen molar-refractivity contribution in [3.8, 4) is 0 Å². The predicted octanol–water partition coefficient (Wildman–Crippen LogP) is 3.02. The van der Waals surface area contributed by atoms with E-state index in [4.69, 9.17) is 5.73 Å². The molecule has 1 heterocycles. The molecule has 0 aromatic heterocycles. The summed E-state index contributed by atoms with van der Waals surface area (Å²) in [4.78, 5) is 2.65. The first-order valence-electron chi connectivity index (χ1n) is 6.76. The molecule has 1 aromatic carbocycles. The van der Waals surface area contributed by atoms with Crippen molar-refractivity contribution >= 4 is 5.69 Å². The van der Waals surface area contributed by atoms with Crippen LogP contribution in [0, 0.1) is 11.8 Å². The molecule has 0 bridgehead atoms. The molecule has 2 N–H and O–H groups in total. The fourth-order valence-electron chi connectivity index (χ4n) is 3.53. The van der Waals surface area contributed by atoms with Crippen LogP contribution < -0.4 is 5.73 Å². The fraction of sp³-hybridized carbons (Fsp3) is 0.600. The quantitative estimate of drug-likeness (QED) is 0.751. The van der Waals surface area contributed by atoms with Gasteiger partial charge in [0.15, 0.2) is 0 Å². The van der Waals surface area contributed by atoms with E-state index in [0.29, 0.717) is 0 Å². The van der Waals surface area contributed by atoms with Crippen LogP contribution >= 0.6 is 0 Å². The monoisotopic (exact) mass is 230 g/mol. The summed E-state index contributed by atoms with van der Waals surface area (Å²) in [7, 11) is 0. The minimum Gasteiger partial charge on any atom is -0.399 e. The van der Waals surface area contributed by atoms with Gasteiger partial charge in [0, 0.05) is 24.8 Å². The van der Waals surface area contributed by atoms with Crippen LogP contribution in [0.15, 0.2) is 18.2 Å². The Labute approximate surface area is 104 Å². The van der Waals surface area contributed by atoms with E-state index in [2.05, 4.69) is 30.9 Å². The zero-order valence-electron chi connectivity index (χ0n) is 10.8. The number of nitrogens with two attached hydrogens (primary N) is 1. The van der Waals surface area contributed by atoms with Crippen LogP contribution in [0.3, 0.4) is 0 Å². The van der Waals surface area contributed by atoms with Crippen LogP contribution in [0.4, 0.5) is 5.69 Å². The lowest BCUT2D eigenvalue weighted by Crippen LogP contribution is -2.33. The highest BCUT2D eigenvalue weighted by atomic mass is 15.2. The third kappa shape index (κ3) is 1.85. The van der Waals surface area contributed by atoms with Crippen LogP contribution in [0.5, 0.6) is 0 Å². The van der Waals surface area contributed by atoms with E-state index in [1.807, 2.05) is 6.07 Å². The van der Waals surface area contributed by atoms with Gasteiger partial charge in [-0.15, -0.1) is 0 Å². The standard InChI is InChI=1S/C15H22N2/c1-10-3-6-15(11(10)2)17-8-12-4-5-14(16)7-13(12)9-17/h4-5,7,10-11,15H,3,6,8-9,16H2,1-2H3. The van der Waals surface area contributed by atoms with Gasteiger partial charge in [-0.25, -0.2) is 0 Å². The van der Waals surface area contributed by atoms with Crippen LogP contribution in [0.1, 0.15) is 37.8 Å². The molecule has 0 saturated heterocycles. The number of rotatable bonds is 1. The zero-order valence-corrected chi connectivity index (χ0v) is 10.8. The number of hydrogen-bond acceptors (Lipinski definition) is 2. The maximum atomic E-state index is 5.86. The summed E-state index contributed by atoms with van der Waals surface area (Å²) in [6.45, 7) is 7.03. The fourth-order valence-corrected chi connectivity index (χ4v) is 3.53. The highest BCUT2D eigenvalue weighted by Crippen LogP contribution is 2.38. The Balaban J connectivity index is 1.78. The highest BCUT2D eigenvalue weighted by molar-refractivity contribution is 5.46. The van der Waals surface area contributed by atoms with Gasteiger partial charge in [-0.2, -0.15) is 0 Å². The van der Waals surface area contributed by atoms with Crippen LogP contribution in [-0.4, -0.2) is 10.9 Å². The molecule has 1 aliphatic heterocycles. The van der Waals surface area contributed by atoms with Gasteiger partial charge in [0.05, 0.1) is 0 Å².